The van der Waals surface area contributed by atoms with E-state index in [0.717, 1.165) is 5.56 Å². The first-order chi connectivity index (χ1) is 12.9. The molecular formula is C19H20FN5O2. The third kappa shape index (κ3) is 3.22. The van der Waals surface area contributed by atoms with Crippen LogP contribution in [0.25, 0.3) is 11.3 Å². The number of aryl methyl sites for hydroxylation is 1. The van der Waals surface area contributed by atoms with Crippen LogP contribution in [0.4, 0.5) is 4.39 Å². The van der Waals surface area contributed by atoms with Gasteiger partial charge in [0.25, 0.3) is 5.91 Å². The fourth-order valence-corrected chi connectivity index (χ4v) is 3.04. The van der Waals surface area contributed by atoms with Gasteiger partial charge < -0.3 is 9.42 Å². The monoisotopic (exact) mass is 369 g/mol. The topological polar surface area (TPSA) is 77.0 Å². The molecule has 1 amide bonds. The van der Waals surface area contributed by atoms with Crippen molar-refractivity contribution >= 4 is 5.91 Å². The zero-order valence-corrected chi connectivity index (χ0v) is 15.4. The van der Waals surface area contributed by atoms with Crippen LogP contribution in [0.3, 0.4) is 0 Å². The molecule has 140 valence electrons. The SMILES string of the molecule is CC(C)c1noc(C2CN(C(=O)c3cc(-c4ccc(F)cc4)nn3C)C2)n1. The minimum Gasteiger partial charge on any atom is -0.339 e. The zero-order valence-electron chi connectivity index (χ0n) is 15.4. The minimum atomic E-state index is -0.306. The smallest absolute Gasteiger partial charge is 0.272 e. The molecule has 2 aromatic heterocycles. The van der Waals surface area contributed by atoms with Crippen LogP contribution in [0.2, 0.25) is 0 Å². The second kappa shape index (κ2) is 6.61. The normalized spacial score (nSPS) is 14.6. The quantitative estimate of drug-likeness (QED) is 0.707. The van der Waals surface area contributed by atoms with E-state index in [-0.39, 0.29) is 23.6 Å². The summed E-state index contributed by atoms with van der Waals surface area (Å²) in [5, 5.41) is 8.35. The number of hydrogen-bond donors (Lipinski definition) is 0. The molecular weight excluding hydrogens is 349 g/mol. The molecule has 7 nitrogen and oxygen atoms in total. The maximum Gasteiger partial charge on any atom is 0.272 e. The zero-order chi connectivity index (χ0) is 19.1. The Bertz CT molecular complexity index is 970. The first-order valence-electron chi connectivity index (χ1n) is 8.85. The summed E-state index contributed by atoms with van der Waals surface area (Å²) in [7, 11) is 1.73. The van der Waals surface area contributed by atoms with Gasteiger partial charge in [0.05, 0.1) is 11.6 Å². The fourth-order valence-electron chi connectivity index (χ4n) is 3.04. The van der Waals surface area contributed by atoms with Gasteiger partial charge in [-0.05, 0) is 30.3 Å². The number of amides is 1. The van der Waals surface area contributed by atoms with E-state index in [4.69, 9.17) is 4.52 Å². The van der Waals surface area contributed by atoms with E-state index in [1.54, 1.807) is 34.8 Å². The molecule has 1 aromatic carbocycles. The Labute approximate surface area is 155 Å². The minimum absolute atomic E-state index is 0.0683. The first-order valence-corrected chi connectivity index (χ1v) is 8.85. The van der Waals surface area contributed by atoms with Crippen molar-refractivity contribution in [1.29, 1.82) is 0 Å². The Morgan fingerprint density at radius 2 is 1.96 bits per heavy atom. The molecule has 0 spiro atoms. The molecule has 8 heteroatoms. The summed E-state index contributed by atoms with van der Waals surface area (Å²) in [6.45, 7) is 5.09. The summed E-state index contributed by atoms with van der Waals surface area (Å²) < 4.78 is 20.0. The number of benzene rings is 1. The number of aromatic nitrogens is 4. The molecule has 1 aliphatic heterocycles. The molecule has 0 unspecified atom stereocenters. The number of carbonyl (C=O) groups excluding carboxylic acids is 1. The highest BCUT2D eigenvalue weighted by molar-refractivity contribution is 5.94. The van der Waals surface area contributed by atoms with Crippen LogP contribution in [-0.2, 0) is 7.05 Å². The number of carbonyl (C=O) groups is 1. The Morgan fingerprint density at radius 3 is 2.59 bits per heavy atom. The molecule has 0 aliphatic carbocycles. The number of nitrogens with zero attached hydrogens (tertiary/aromatic N) is 5. The largest absolute Gasteiger partial charge is 0.339 e. The van der Waals surface area contributed by atoms with Gasteiger partial charge in [0, 0.05) is 31.6 Å². The second-order valence-corrected chi connectivity index (χ2v) is 7.10. The van der Waals surface area contributed by atoms with E-state index >= 15 is 0 Å². The van der Waals surface area contributed by atoms with Crippen LogP contribution in [-0.4, -0.2) is 43.8 Å². The predicted octanol–water partition coefficient (Wildman–Crippen LogP) is 2.97. The Hall–Kier alpha value is -3.03. The summed E-state index contributed by atoms with van der Waals surface area (Å²) in [4.78, 5) is 18.9. The number of rotatable bonds is 4. The summed E-state index contributed by atoms with van der Waals surface area (Å²) in [6.07, 6.45) is 0. The lowest BCUT2D eigenvalue weighted by Gasteiger charge is -2.36. The average molecular weight is 369 g/mol. The first kappa shape index (κ1) is 17.4. The van der Waals surface area contributed by atoms with Crippen molar-refractivity contribution in [2.75, 3.05) is 13.1 Å². The number of halogens is 1. The maximum absolute atomic E-state index is 13.1. The highest BCUT2D eigenvalue weighted by Gasteiger charge is 2.37. The molecule has 0 bridgehead atoms. The van der Waals surface area contributed by atoms with E-state index in [1.165, 1.54) is 12.1 Å². The highest BCUT2D eigenvalue weighted by Crippen LogP contribution is 2.29. The number of likely N-dealkylation sites (tertiary alicyclic amines) is 1. The van der Waals surface area contributed by atoms with Gasteiger partial charge in [0.1, 0.15) is 11.5 Å². The lowest BCUT2D eigenvalue weighted by atomic mass is 9.99. The van der Waals surface area contributed by atoms with Crippen molar-refractivity contribution in [2.24, 2.45) is 7.05 Å². The van der Waals surface area contributed by atoms with Crippen molar-refractivity contribution in [3.05, 3.63) is 53.6 Å². The molecule has 1 fully saturated rings. The molecule has 3 aromatic rings. The molecule has 0 atom stereocenters. The van der Waals surface area contributed by atoms with Gasteiger partial charge in [-0.15, -0.1) is 0 Å². The van der Waals surface area contributed by atoms with Crippen LogP contribution in [0.15, 0.2) is 34.9 Å². The molecule has 0 radical (unpaired) electrons. The van der Waals surface area contributed by atoms with Crippen molar-refractivity contribution in [3.63, 3.8) is 0 Å². The average Bonchev–Trinajstić information content (AvgIpc) is 3.21. The Morgan fingerprint density at radius 1 is 1.26 bits per heavy atom. The van der Waals surface area contributed by atoms with Crippen LogP contribution in [0.1, 0.15) is 47.9 Å². The van der Waals surface area contributed by atoms with Crippen LogP contribution in [0.5, 0.6) is 0 Å². The van der Waals surface area contributed by atoms with Gasteiger partial charge in [-0.2, -0.15) is 10.1 Å². The van der Waals surface area contributed by atoms with E-state index in [2.05, 4.69) is 15.2 Å². The highest BCUT2D eigenvalue weighted by atomic mass is 19.1. The van der Waals surface area contributed by atoms with Gasteiger partial charge in [0.2, 0.25) is 5.89 Å². The van der Waals surface area contributed by atoms with E-state index in [0.29, 0.717) is 36.2 Å². The Balaban J connectivity index is 1.45. The standard InChI is InChI=1S/C19H20FN5O2/c1-11(2)17-21-18(27-23-17)13-9-25(10-13)19(26)16-8-15(22-24(16)3)12-4-6-14(20)7-5-12/h4-8,11,13H,9-10H2,1-3H3. The lowest BCUT2D eigenvalue weighted by molar-refractivity contribution is 0.0558. The van der Waals surface area contributed by atoms with Crippen molar-refractivity contribution in [2.45, 2.75) is 25.7 Å². The van der Waals surface area contributed by atoms with Gasteiger partial charge >= 0.3 is 0 Å². The van der Waals surface area contributed by atoms with Gasteiger partial charge in [0.15, 0.2) is 5.82 Å². The number of hydrogen-bond acceptors (Lipinski definition) is 5. The third-order valence-corrected chi connectivity index (χ3v) is 4.73. The van der Waals surface area contributed by atoms with Gasteiger partial charge in [-0.25, -0.2) is 4.39 Å². The Kier molecular flexibility index (Phi) is 4.25. The van der Waals surface area contributed by atoms with Crippen molar-refractivity contribution in [3.8, 4) is 11.3 Å². The molecule has 27 heavy (non-hydrogen) atoms. The fraction of sp³-hybridized carbons (Fsp3) is 0.368. The second-order valence-electron chi connectivity index (χ2n) is 7.10. The molecule has 1 aliphatic rings. The molecule has 3 heterocycles. The molecule has 1 saturated heterocycles. The van der Waals surface area contributed by atoms with E-state index < -0.39 is 0 Å². The van der Waals surface area contributed by atoms with Crippen LogP contribution < -0.4 is 0 Å². The molecule has 0 N–H and O–H groups in total. The van der Waals surface area contributed by atoms with Crippen LogP contribution in [0, 0.1) is 5.82 Å². The van der Waals surface area contributed by atoms with Crippen LogP contribution >= 0.6 is 0 Å². The van der Waals surface area contributed by atoms with Crippen molar-refractivity contribution in [1.82, 2.24) is 24.8 Å². The third-order valence-electron chi connectivity index (χ3n) is 4.73. The predicted molar refractivity (Wildman–Crippen MR) is 95.6 cm³/mol. The van der Waals surface area contributed by atoms with Gasteiger partial charge in [-0.1, -0.05) is 19.0 Å². The van der Waals surface area contributed by atoms with E-state index in [9.17, 15) is 9.18 Å². The maximum atomic E-state index is 13.1. The summed E-state index contributed by atoms with van der Waals surface area (Å²) in [5.41, 5.74) is 1.89. The molecule has 0 saturated carbocycles. The van der Waals surface area contributed by atoms with Crippen molar-refractivity contribution < 1.29 is 13.7 Å². The summed E-state index contributed by atoms with van der Waals surface area (Å²) >= 11 is 0. The lowest BCUT2D eigenvalue weighted by Crippen LogP contribution is -2.49. The summed E-state index contributed by atoms with van der Waals surface area (Å²) in [6, 6.07) is 7.77. The van der Waals surface area contributed by atoms with E-state index in [1.807, 2.05) is 13.8 Å². The van der Waals surface area contributed by atoms with Gasteiger partial charge in [-0.3, -0.25) is 9.48 Å². The summed E-state index contributed by atoms with van der Waals surface area (Å²) in [5.74, 6) is 1.14. The molecule has 4 rings (SSSR count).